The molecule has 76 valence electrons. The van der Waals surface area contributed by atoms with Crippen molar-refractivity contribution in [2.75, 3.05) is 14.2 Å². The highest BCUT2D eigenvalue weighted by atomic mass is 16.5. The van der Waals surface area contributed by atoms with Gasteiger partial charge < -0.3 is 14.8 Å². The smallest absolute Gasteiger partial charge is 0.407 e. The molecule has 1 fully saturated rings. The highest BCUT2D eigenvalue weighted by Gasteiger charge is 2.21. The minimum absolute atomic E-state index is 0.263. The molecule has 0 bridgehead atoms. The van der Waals surface area contributed by atoms with E-state index in [-0.39, 0.29) is 12.1 Å². The van der Waals surface area contributed by atoms with E-state index in [0.717, 1.165) is 25.7 Å². The molecule has 1 rings (SSSR count). The Morgan fingerprint density at radius 2 is 1.85 bits per heavy atom. The van der Waals surface area contributed by atoms with Crippen LogP contribution >= 0.6 is 0 Å². The van der Waals surface area contributed by atoms with Gasteiger partial charge in [0.1, 0.15) is 0 Å². The number of carbonyl (C=O) groups is 1. The Balaban J connectivity index is 2.21. The van der Waals surface area contributed by atoms with E-state index in [4.69, 9.17) is 4.74 Å². The number of amides is 1. The molecular weight excluding hydrogens is 170 g/mol. The summed E-state index contributed by atoms with van der Waals surface area (Å²) in [6.07, 6.45) is 4.04. The van der Waals surface area contributed by atoms with Gasteiger partial charge in [-0.15, -0.1) is 0 Å². The molecule has 0 radical (unpaired) electrons. The predicted molar refractivity (Wildman–Crippen MR) is 48.6 cm³/mol. The van der Waals surface area contributed by atoms with Crippen LogP contribution in [0.2, 0.25) is 0 Å². The molecule has 1 saturated carbocycles. The SMILES string of the molecule is COC(=O)NC1CCC(OC)CC1. The van der Waals surface area contributed by atoms with E-state index < -0.39 is 0 Å². The lowest BCUT2D eigenvalue weighted by molar-refractivity contribution is 0.0617. The quantitative estimate of drug-likeness (QED) is 0.708. The fraction of sp³-hybridized carbons (Fsp3) is 0.889. The van der Waals surface area contributed by atoms with Crippen molar-refractivity contribution in [3.05, 3.63) is 0 Å². The van der Waals surface area contributed by atoms with E-state index in [0.29, 0.717) is 6.10 Å². The van der Waals surface area contributed by atoms with Crippen LogP contribution in [0, 0.1) is 0 Å². The fourth-order valence-electron chi connectivity index (χ4n) is 1.67. The third kappa shape index (κ3) is 3.22. The summed E-state index contributed by atoms with van der Waals surface area (Å²) in [5.74, 6) is 0. The number of carbonyl (C=O) groups excluding carboxylic acids is 1. The number of hydrogen-bond donors (Lipinski definition) is 1. The third-order valence-corrected chi connectivity index (χ3v) is 2.51. The fourth-order valence-corrected chi connectivity index (χ4v) is 1.67. The minimum Gasteiger partial charge on any atom is -0.453 e. The maximum absolute atomic E-state index is 10.9. The molecule has 0 aliphatic heterocycles. The lowest BCUT2D eigenvalue weighted by atomic mass is 9.93. The normalized spacial score (nSPS) is 28.2. The van der Waals surface area contributed by atoms with Crippen LogP contribution in [0.25, 0.3) is 0 Å². The zero-order valence-electron chi connectivity index (χ0n) is 8.21. The highest BCUT2D eigenvalue weighted by molar-refractivity contribution is 5.67. The summed E-state index contributed by atoms with van der Waals surface area (Å²) in [5.41, 5.74) is 0. The summed E-state index contributed by atoms with van der Waals surface area (Å²) < 4.78 is 9.75. The number of nitrogens with one attached hydrogen (secondary N) is 1. The second-order valence-electron chi connectivity index (χ2n) is 3.35. The molecule has 0 heterocycles. The Kier molecular flexibility index (Phi) is 4.02. The second kappa shape index (κ2) is 5.07. The first kappa shape index (κ1) is 10.3. The molecule has 4 heteroatoms. The summed E-state index contributed by atoms with van der Waals surface area (Å²) in [6, 6.07) is 0.263. The van der Waals surface area contributed by atoms with Gasteiger partial charge in [0.15, 0.2) is 0 Å². The molecule has 0 aromatic rings. The number of hydrogen-bond acceptors (Lipinski definition) is 3. The van der Waals surface area contributed by atoms with Crippen molar-refractivity contribution in [2.24, 2.45) is 0 Å². The average molecular weight is 187 g/mol. The van der Waals surface area contributed by atoms with Crippen molar-refractivity contribution in [3.8, 4) is 0 Å². The van der Waals surface area contributed by atoms with E-state index >= 15 is 0 Å². The summed E-state index contributed by atoms with van der Waals surface area (Å²) in [7, 11) is 3.12. The van der Waals surface area contributed by atoms with Gasteiger partial charge in [0.25, 0.3) is 0 Å². The summed E-state index contributed by atoms with van der Waals surface area (Å²) in [4.78, 5) is 10.9. The third-order valence-electron chi connectivity index (χ3n) is 2.51. The molecule has 0 atom stereocenters. The molecule has 0 aromatic heterocycles. The standard InChI is InChI=1S/C9H17NO3/c1-12-8-5-3-7(4-6-8)10-9(11)13-2/h7-8H,3-6H2,1-2H3,(H,10,11). The maximum Gasteiger partial charge on any atom is 0.407 e. The first-order valence-electron chi connectivity index (χ1n) is 4.63. The molecule has 13 heavy (non-hydrogen) atoms. The zero-order chi connectivity index (χ0) is 9.68. The Morgan fingerprint density at radius 3 is 2.31 bits per heavy atom. The van der Waals surface area contributed by atoms with Crippen LogP contribution in [0.1, 0.15) is 25.7 Å². The minimum atomic E-state index is -0.333. The Hall–Kier alpha value is -0.770. The lowest BCUT2D eigenvalue weighted by Crippen LogP contribution is -2.38. The monoisotopic (exact) mass is 187 g/mol. The van der Waals surface area contributed by atoms with Gasteiger partial charge in [-0.25, -0.2) is 4.79 Å². The first-order valence-corrected chi connectivity index (χ1v) is 4.63. The Bertz CT molecular complexity index is 164. The molecule has 0 spiro atoms. The van der Waals surface area contributed by atoms with Crippen LogP contribution in [0.5, 0.6) is 0 Å². The molecule has 1 N–H and O–H groups in total. The van der Waals surface area contributed by atoms with Crippen molar-refractivity contribution in [1.82, 2.24) is 5.32 Å². The molecule has 0 unspecified atom stereocenters. The number of methoxy groups -OCH3 is 2. The van der Waals surface area contributed by atoms with Crippen LogP contribution in [-0.2, 0) is 9.47 Å². The molecule has 0 saturated heterocycles. The van der Waals surface area contributed by atoms with E-state index in [1.54, 1.807) is 7.11 Å². The van der Waals surface area contributed by atoms with E-state index in [1.807, 2.05) is 0 Å². The van der Waals surface area contributed by atoms with E-state index in [2.05, 4.69) is 10.1 Å². The molecule has 1 amide bonds. The molecule has 1 aliphatic rings. The van der Waals surface area contributed by atoms with Crippen molar-refractivity contribution in [2.45, 2.75) is 37.8 Å². The topological polar surface area (TPSA) is 47.6 Å². The van der Waals surface area contributed by atoms with E-state index in [1.165, 1.54) is 7.11 Å². The van der Waals surface area contributed by atoms with Crippen LogP contribution in [0.3, 0.4) is 0 Å². The van der Waals surface area contributed by atoms with Gasteiger partial charge in [0.2, 0.25) is 0 Å². The molecule has 1 aliphatic carbocycles. The Labute approximate surface area is 78.6 Å². The largest absolute Gasteiger partial charge is 0.453 e. The Morgan fingerprint density at radius 1 is 1.23 bits per heavy atom. The lowest BCUT2D eigenvalue weighted by Gasteiger charge is -2.27. The van der Waals surface area contributed by atoms with Crippen LogP contribution < -0.4 is 5.32 Å². The zero-order valence-corrected chi connectivity index (χ0v) is 8.21. The van der Waals surface area contributed by atoms with Gasteiger partial charge in [-0.2, -0.15) is 0 Å². The summed E-state index contributed by atoms with van der Waals surface area (Å²) >= 11 is 0. The van der Waals surface area contributed by atoms with Gasteiger partial charge in [0, 0.05) is 13.2 Å². The van der Waals surface area contributed by atoms with Crippen molar-refractivity contribution in [3.63, 3.8) is 0 Å². The van der Waals surface area contributed by atoms with Crippen LogP contribution in [0.4, 0.5) is 4.79 Å². The van der Waals surface area contributed by atoms with Crippen LogP contribution in [0.15, 0.2) is 0 Å². The van der Waals surface area contributed by atoms with E-state index in [9.17, 15) is 4.79 Å². The van der Waals surface area contributed by atoms with Gasteiger partial charge >= 0.3 is 6.09 Å². The van der Waals surface area contributed by atoms with Crippen molar-refractivity contribution in [1.29, 1.82) is 0 Å². The average Bonchev–Trinajstić information content (AvgIpc) is 2.19. The maximum atomic E-state index is 10.9. The predicted octanol–water partition coefficient (Wildman–Crippen LogP) is 1.30. The van der Waals surface area contributed by atoms with Gasteiger partial charge in [-0.3, -0.25) is 0 Å². The van der Waals surface area contributed by atoms with Gasteiger partial charge in [-0.1, -0.05) is 0 Å². The number of ether oxygens (including phenoxy) is 2. The summed E-state index contributed by atoms with van der Waals surface area (Å²) in [5, 5.41) is 2.80. The van der Waals surface area contributed by atoms with Crippen LogP contribution in [-0.4, -0.2) is 32.5 Å². The summed E-state index contributed by atoms with van der Waals surface area (Å²) in [6.45, 7) is 0. The van der Waals surface area contributed by atoms with Crippen molar-refractivity contribution < 1.29 is 14.3 Å². The first-order chi connectivity index (χ1) is 6.26. The van der Waals surface area contributed by atoms with Gasteiger partial charge in [-0.05, 0) is 25.7 Å². The van der Waals surface area contributed by atoms with Gasteiger partial charge in [0.05, 0.1) is 13.2 Å². The number of rotatable bonds is 2. The molecule has 0 aromatic carbocycles. The molecular formula is C9H17NO3. The number of alkyl carbamates (subject to hydrolysis) is 1. The molecule has 4 nitrogen and oxygen atoms in total. The van der Waals surface area contributed by atoms with Crippen molar-refractivity contribution >= 4 is 6.09 Å². The second-order valence-corrected chi connectivity index (χ2v) is 3.35. The highest BCUT2D eigenvalue weighted by Crippen LogP contribution is 2.20.